The van der Waals surface area contributed by atoms with E-state index in [1.54, 1.807) is 6.07 Å². The number of hydrogen-bond donors (Lipinski definition) is 2. The van der Waals surface area contributed by atoms with Crippen molar-refractivity contribution in [2.45, 2.75) is 11.3 Å². The van der Waals surface area contributed by atoms with Crippen LogP contribution in [0.4, 0.5) is 11.4 Å². The van der Waals surface area contributed by atoms with Crippen LogP contribution in [0.3, 0.4) is 0 Å². The van der Waals surface area contributed by atoms with Crippen molar-refractivity contribution in [3.63, 3.8) is 0 Å². The number of nitrogens with two attached hydrogens (primary N) is 1. The summed E-state index contributed by atoms with van der Waals surface area (Å²) in [5, 5.41) is 2.94. The maximum atomic E-state index is 11.3. The lowest BCUT2D eigenvalue weighted by molar-refractivity contribution is -0.140. The van der Waals surface area contributed by atoms with E-state index in [0.717, 1.165) is 6.26 Å². The lowest BCUT2D eigenvalue weighted by Gasteiger charge is -2.09. The number of methoxy groups -OCH3 is 1. The van der Waals surface area contributed by atoms with Gasteiger partial charge in [-0.3, -0.25) is 4.79 Å². The average Bonchev–Trinajstić information content (AvgIpc) is 2.29. The van der Waals surface area contributed by atoms with Gasteiger partial charge in [-0.2, -0.15) is 0 Å². The Morgan fingerprint density at radius 1 is 1.44 bits per heavy atom. The SMILES string of the molecule is COC(=O)CCNc1ccc(S(C)(=O)=O)cc1N. The van der Waals surface area contributed by atoms with Crippen molar-refractivity contribution in [1.82, 2.24) is 0 Å². The highest BCUT2D eigenvalue weighted by Crippen LogP contribution is 2.22. The summed E-state index contributed by atoms with van der Waals surface area (Å²) < 4.78 is 27.1. The number of hydrogen-bond acceptors (Lipinski definition) is 6. The molecule has 0 radical (unpaired) electrons. The first-order valence-electron chi connectivity index (χ1n) is 5.25. The van der Waals surface area contributed by atoms with Crippen molar-refractivity contribution in [2.24, 2.45) is 0 Å². The van der Waals surface area contributed by atoms with Crippen LogP contribution in [-0.2, 0) is 19.4 Å². The van der Waals surface area contributed by atoms with Gasteiger partial charge in [-0.25, -0.2) is 8.42 Å². The Kier molecular flexibility index (Phi) is 4.55. The van der Waals surface area contributed by atoms with Crippen LogP contribution < -0.4 is 11.1 Å². The van der Waals surface area contributed by atoms with Gasteiger partial charge >= 0.3 is 5.97 Å². The van der Waals surface area contributed by atoms with Crippen molar-refractivity contribution in [3.05, 3.63) is 18.2 Å². The molecule has 1 aromatic rings. The van der Waals surface area contributed by atoms with E-state index < -0.39 is 9.84 Å². The number of nitrogens with one attached hydrogen (secondary N) is 1. The van der Waals surface area contributed by atoms with Crippen LogP contribution in [0.15, 0.2) is 23.1 Å². The van der Waals surface area contributed by atoms with E-state index in [1.807, 2.05) is 0 Å². The van der Waals surface area contributed by atoms with Gasteiger partial charge in [-0.05, 0) is 18.2 Å². The summed E-state index contributed by atoms with van der Waals surface area (Å²) in [6.07, 6.45) is 1.33. The molecule has 0 aliphatic rings. The largest absolute Gasteiger partial charge is 0.469 e. The third-order valence-electron chi connectivity index (χ3n) is 2.32. The van der Waals surface area contributed by atoms with Crippen molar-refractivity contribution >= 4 is 27.2 Å². The van der Waals surface area contributed by atoms with Crippen molar-refractivity contribution < 1.29 is 17.9 Å². The topological polar surface area (TPSA) is 98.5 Å². The molecule has 0 aliphatic carbocycles. The lowest BCUT2D eigenvalue weighted by atomic mass is 10.2. The minimum atomic E-state index is -3.26. The molecule has 1 rings (SSSR count). The highest BCUT2D eigenvalue weighted by Gasteiger charge is 2.09. The number of rotatable bonds is 5. The van der Waals surface area contributed by atoms with Crippen LogP contribution in [0.25, 0.3) is 0 Å². The maximum absolute atomic E-state index is 11.3. The van der Waals surface area contributed by atoms with Gasteiger partial charge in [0.05, 0.1) is 29.8 Å². The molecule has 0 atom stereocenters. The van der Waals surface area contributed by atoms with Crippen LogP contribution in [0.2, 0.25) is 0 Å². The molecule has 0 saturated heterocycles. The molecule has 0 heterocycles. The van der Waals surface area contributed by atoms with E-state index in [2.05, 4.69) is 10.1 Å². The van der Waals surface area contributed by atoms with E-state index in [-0.39, 0.29) is 17.3 Å². The number of sulfone groups is 1. The summed E-state index contributed by atoms with van der Waals surface area (Å²) >= 11 is 0. The molecule has 0 unspecified atom stereocenters. The quantitative estimate of drug-likeness (QED) is 0.603. The van der Waals surface area contributed by atoms with Gasteiger partial charge in [0.1, 0.15) is 0 Å². The molecule has 0 aromatic heterocycles. The highest BCUT2D eigenvalue weighted by molar-refractivity contribution is 7.90. The molecule has 7 heteroatoms. The second-order valence-electron chi connectivity index (χ2n) is 3.77. The molecule has 18 heavy (non-hydrogen) atoms. The van der Waals surface area contributed by atoms with Crippen molar-refractivity contribution in [3.8, 4) is 0 Å². The van der Waals surface area contributed by atoms with E-state index >= 15 is 0 Å². The summed E-state index contributed by atoms with van der Waals surface area (Å²) in [6, 6.07) is 4.42. The van der Waals surface area contributed by atoms with Gasteiger partial charge in [0, 0.05) is 12.8 Å². The van der Waals surface area contributed by atoms with Crippen LogP contribution >= 0.6 is 0 Å². The normalized spacial score (nSPS) is 11.0. The number of anilines is 2. The zero-order chi connectivity index (χ0) is 13.8. The Hall–Kier alpha value is -1.76. The van der Waals surface area contributed by atoms with E-state index in [4.69, 9.17) is 5.73 Å². The predicted octanol–water partition coefficient (Wildman–Crippen LogP) is 0.647. The third kappa shape index (κ3) is 3.92. The van der Waals surface area contributed by atoms with E-state index in [0.29, 0.717) is 17.9 Å². The molecule has 0 aliphatic heterocycles. The van der Waals surface area contributed by atoms with Gasteiger partial charge in [0.15, 0.2) is 9.84 Å². The lowest BCUT2D eigenvalue weighted by Crippen LogP contribution is -2.11. The number of carbonyl (C=O) groups is 1. The first kappa shape index (κ1) is 14.3. The first-order valence-corrected chi connectivity index (χ1v) is 7.14. The number of nitrogen functional groups attached to an aromatic ring is 1. The zero-order valence-electron chi connectivity index (χ0n) is 10.3. The van der Waals surface area contributed by atoms with Crippen molar-refractivity contribution in [1.29, 1.82) is 0 Å². The van der Waals surface area contributed by atoms with Crippen LogP contribution in [0.1, 0.15) is 6.42 Å². The molecule has 100 valence electrons. The Morgan fingerprint density at radius 3 is 2.61 bits per heavy atom. The summed E-state index contributed by atoms with van der Waals surface area (Å²) in [6.45, 7) is 0.370. The number of carbonyl (C=O) groups excluding carboxylic acids is 1. The summed E-state index contributed by atoms with van der Waals surface area (Å²) in [5.41, 5.74) is 6.64. The Morgan fingerprint density at radius 2 is 2.11 bits per heavy atom. The van der Waals surface area contributed by atoms with E-state index in [9.17, 15) is 13.2 Å². The second kappa shape index (κ2) is 5.72. The number of benzene rings is 1. The van der Waals surface area contributed by atoms with Crippen molar-refractivity contribution in [2.75, 3.05) is 31.0 Å². The fraction of sp³-hybridized carbons (Fsp3) is 0.364. The maximum Gasteiger partial charge on any atom is 0.307 e. The summed E-state index contributed by atoms with van der Waals surface area (Å²) in [7, 11) is -1.94. The molecule has 0 spiro atoms. The molecule has 1 aromatic carbocycles. The average molecular weight is 272 g/mol. The third-order valence-corrected chi connectivity index (χ3v) is 3.43. The van der Waals surface area contributed by atoms with E-state index in [1.165, 1.54) is 19.2 Å². The Bertz CT molecular complexity index is 540. The smallest absolute Gasteiger partial charge is 0.307 e. The fourth-order valence-corrected chi connectivity index (χ4v) is 1.99. The van der Waals surface area contributed by atoms with Gasteiger partial charge in [0.25, 0.3) is 0 Å². The summed E-state index contributed by atoms with van der Waals surface area (Å²) in [4.78, 5) is 11.1. The van der Waals surface area contributed by atoms with Crippen LogP contribution in [0.5, 0.6) is 0 Å². The molecule has 0 bridgehead atoms. The van der Waals surface area contributed by atoms with Gasteiger partial charge in [-0.15, -0.1) is 0 Å². The molecule has 0 amide bonds. The summed E-state index contributed by atoms with van der Waals surface area (Å²) in [5.74, 6) is -0.325. The molecular formula is C11H16N2O4S. The number of esters is 1. The monoisotopic (exact) mass is 272 g/mol. The fourth-order valence-electron chi connectivity index (χ4n) is 1.33. The van der Waals surface area contributed by atoms with Gasteiger partial charge in [0.2, 0.25) is 0 Å². The van der Waals surface area contributed by atoms with Gasteiger partial charge < -0.3 is 15.8 Å². The second-order valence-corrected chi connectivity index (χ2v) is 5.79. The minimum Gasteiger partial charge on any atom is -0.469 e. The molecule has 0 saturated carbocycles. The minimum absolute atomic E-state index is 0.165. The predicted molar refractivity (Wildman–Crippen MR) is 69.1 cm³/mol. The molecule has 3 N–H and O–H groups in total. The molecule has 0 fully saturated rings. The first-order chi connectivity index (χ1) is 8.34. The highest BCUT2D eigenvalue weighted by atomic mass is 32.2. The van der Waals surface area contributed by atoms with Crippen LogP contribution in [-0.4, -0.2) is 34.3 Å². The molecular weight excluding hydrogens is 256 g/mol. The van der Waals surface area contributed by atoms with Gasteiger partial charge in [-0.1, -0.05) is 0 Å². The Balaban J connectivity index is 2.72. The van der Waals surface area contributed by atoms with Crippen LogP contribution in [0, 0.1) is 0 Å². The molecule has 6 nitrogen and oxygen atoms in total. The number of ether oxygens (including phenoxy) is 1. The Labute approximate surface area is 106 Å². The zero-order valence-corrected chi connectivity index (χ0v) is 11.1. The standard InChI is InChI=1S/C11H16N2O4S/c1-17-11(14)5-6-13-10-4-3-8(7-9(10)12)18(2,15)16/h3-4,7,13H,5-6,12H2,1-2H3.